The van der Waals surface area contributed by atoms with E-state index in [9.17, 15) is 9.59 Å². The van der Waals surface area contributed by atoms with Crippen LogP contribution in [-0.4, -0.2) is 76.0 Å². The highest BCUT2D eigenvalue weighted by atomic mass is 16.5. The molecule has 0 aromatic rings. The molecule has 0 rings (SSSR count). The van der Waals surface area contributed by atoms with E-state index >= 15 is 0 Å². The molecule has 0 fully saturated rings. The number of rotatable bonds is 14. The lowest BCUT2D eigenvalue weighted by molar-refractivity contribution is -0.133. The molecule has 7 heteroatoms. The fourth-order valence-corrected chi connectivity index (χ4v) is 1.70. The van der Waals surface area contributed by atoms with Crippen LogP contribution in [0, 0.1) is 0 Å². The Morgan fingerprint density at radius 1 is 1.00 bits per heavy atom. The van der Waals surface area contributed by atoms with Crippen molar-refractivity contribution in [1.82, 2.24) is 10.2 Å². The van der Waals surface area contributed by atoms with E-state index in [1.165, 1.54) is 6.92 Å². The quantitative estimate of drug-likeness (QED) is 0.477. The van der Waals surface area contributed by atoms with Crippen molar-refractivity contribution in [2.75, 3.05) is 53.2 Å². The van der Waals surface area contributed by atoms with Crippen LogP contribution in [0.2, 0.25) is 0 Å². The Bertz CT molecular complexity index is 326. The second-order valence-electron chi connectivity index (χ2n) is 5.33. The zero-order valence-electron chi connectivity index (χ0n) is 14.9. The topological polar surface area (TPSA) is 77.1 Å². The zero-order valence-corrected chi connectivity index (χ0v) is 14.9. The third-order valence-corrected chi connectivity index (χ3v) is 3.47. The minimum Gasteiger partial charge on any atom is -0.379 e. The Kier molecular flexibility index (Phi) is 13.7. The summed E-state index contributed by atoms with van der Waals surface area (Å²) in [4.78, 5) is 24.2. The molecule has 0 aromatic carbocycles. The molecular formula is C16H32N2O5. The van der Waals surface area contributed by atoms with E-state index in [1.54, 1.807) is 4.90 Å². The van der Waals surface area contributed by atoms with Gasteiger partial charge in [-0.2, -0.15) is 0 Å². The molecule has 0 unspecified atom stereocenters. The summed E-state index contributed by atoms with van der Waals surface area (Å²) in [6, 6.07) is 0.261. The first-order chi connectivity index (χ1) is 11.0. The number of hydrogen-bond acceptors (Lipinski definition) is 5. The fourth-order valence-electron chi connectivity index (χ4n) is 1.70. The van der Waals surface area contributed by atoms with E-state index in [1.807, 2.05) is 14.0 Å². The monoisotopic (exact) mass is 332 g/mol. The lowest BCUT2D eigenvalue weighted by atomic mass is 10.2. The molecule has 2 amide bonds. The van der Waals surface area contributed by atoms with Crippen molar-refractivity contribution in [2.45, 2.75) is 39.7 Å². The Hall–Kier alpha value is -1.18. The Labute approximate surface area is 139 Å². The average Bonchev–Trinajstić information content (AvgIpc) is 2.53. The van der Waals surface area contributed by atoms with Gasteiger partial charge < -0.3 is 24.4 Å². The summed E-state index contributed by atoms with van der Waals surface area (Å²) in [5.41, 5.74) is 0. The van der Waals surface area contributed by atoms with E-state index in [2.05, 4.69) is 12.2 Å². The van der Waals surface area contributed by atoms with E-state index in [0.717, 1.165) is 6.42 Å². The van der Waals surface area contributed by atoms with Gasteiger partial charge in [-0.05, 0) is 13.3 Å². The predicted molar refractivity (Wildman–Crippen MR) is 88.3 cm³/mol. The van der Waals surface area contributed by atoms with Crippen LogP contribution in [0.3, 0.4) is 0 Å². The van der Waals surface area contributed by atoms with Crippen LogP contribution < -0.4 is 5.32 Å². The summed E-state index contributed by atoms with van der Waals surface area (Å²) in [6.45, 7) is 8.88. The van der Waals surface area contributed by atoms with Crippen molar-refractivity contribution in [3.05, 3.63) is 0 Å². The molecule has 23 heavy (non-hydrogen) atoms. The smallest absolute Gasteiger partial charge is 0.224 e. The minimum atomic E-state index is -0.0594. The second-order valence-corrected chi connectivity index (χ2v) is 5.33. The van der Waals surface area contributed by atoms with Gasteiger partial charge in [0.05, 0.1) is 46.1 Å². The minimum absolute atomic E-state index is 0.0594. The summed E-state index contributed by atoms with van der Waals surface area (Å²) in [5.74, 6) is 0.0451. The number of nitrogens with one attached hydrogen (secondary N) is 1. The van der Waals surface area contributed by atoms with Gasteiger partial charge in [0, 0.05) is 26.6 Å². The van der Waals surface area contributed by atoms with Crippen molar-refractivity contribution >= 4 is 11.8 Å². The van der Waals surface area contributed by atoms with Crippen molar-refractivity contribution in [3.8, 4) is 0 Å². The standard InChI is InChI=1S/C16H32N2O5/c1-5-14(2)18(4)16(20)6-8-21-10-12-23-13-11-22-9-7-17-15(3)19/h14H,5-13H2,1-4H3,(H,17,19)/t14-/m1/s1. The molecule has 0 heterocycles. The lowest BCUT2D eigenvalue weighted by Gasteiger charge is -2.23. The molecule has 0 saturated heterocycles. The normalized spacial score (nSPS) is 12.0. The fraction of sp³-hybridized carbons (Fsp3) is 0.875. The summed E-state index contributed by atoms with van der Waals surface area (Å²) >= 11 is 0. The summed E-state index contributed by atoms with van der Waals surface area (Å²) in [7, 11) is 1.82. The molecule has 0 spiro atoms. The zero-order chi connectivity index (χ0) is 17.5. The van der Waals surface area contributed by atoms with Crippen LogP contribution >= 0.6 is 0 Å². The van der Waals surface area contributed by atoms with Gasteiger partial charge in [-0.25, -0.2) is 0 Å². The maximum absolute atomic E-state index is 11.8. The summed E-state index contributed by atoms with van der Waals surface area (Å²) in [5, 5.41) is 2.64. The first-order valence-electron chi connectivity index (χ1n) is 8.22. The molecular weight excluding hydrogens is 300 g/mol. The van der Waals surface area contributed by atoms with Gasteiger partial charge in [0.2, 0.25) is 11.8 Å². The number of amides is 2. The van der Waals surface area contributed by atoms with Crippen molar-refractivity contribution in [2.24, 2.45) is 0 Å². The molecule has 0 aliphatic carbocycles. The highest BCUT2D eigenvalue weighted by Crippen LogP contribution is 2.02. The molecule has 0 bridgehead atoms. The highest BCUT2D eigenvalue weighted by molar-refractivity contribution is 5.76. The van der Waals surface area contributed by atoms with Crippen molar-refractivity contribution < 1.29 is 23.8 Å². The molecule has 1 atom stereocenters. The van der Waals surface area contributed by atoms with Crippen LogP contribution in [0.1, 0.15) is 33.6 Å². The van der Waals surface area contributed by atoms with Crippen LogP contribution in [0.4, 0.5) is 0 Å². The summed E-state index contributed by atoms with van der Waals surface area (Å²) in [6.07, 6.45) is 1.34. The molecule has 7 nitrogen and oxygen atoms in total. The second kappa shape index (κ2) is 14.4. The van der Waals surface area contributed by atoms with Crippen LogP contribution in [0.25, 0.3) is 0 Å². The third kappa shape index (κ3) is 13.0. The van der Waals surface area contributed by atoms with Crippen LogP contribution in [0.5, 0.6) is 0 Å². The number of hydrogen-bond donors (Lipinski definition) is 1. The largest absolute Gasteiger partial charge is 0.379 e. The predicted octanol–water partition coefficient (Wildman–Crippen LogP) is 0.819. The number of carbonyl (C=O) groups is 2. The number of nitrogens with zero attached hydrogens (tertiary/aromatic N) is 1. The van der Waals surface area contributed by atoms with E-state index in [4.69, 9.17) is 14.2 Å². The first-order valence-corrected chi connectivity index (χ1v) is 8.22. The maximum Gasteiger partial charge on any atom is 0.224 e. The molecule has 0 aliphatic heterocycles. The van der Waals surface area contributed by atoms with Gasteiger partial charge in [-0.15, -0.1) is 0 Å². The van der Waals surface area contributed by atoms with Gasteiger partial charge in [0.15, 0.2) is 0 Å². The molecule has 0 aromatic heterocycles. The lowest BCUT2D eigenvalue weighted by Crippen LogP contribution is -2.35. The van der Waals surface area contributed by atoms with Gasteiger partial charge in [-0.1, -0.05) is 6.92 Å². The third-order valence-electron chi connectivity index (χ3n) is 3.47. The Balaban J connectivity index is 3.30. The van der Waals surface area contributed by atoms with Gasteiger partial charge in [-0.3, -0.25) is 9.59 Å². The Morgan fingerprint density at radius 3 is 2.04 bits per heavy atom. The Morgan fingerprint density at radius 2 is 1.52 bits per heavy atom. The number of carbonyl (C=O) groups excluding carboxylic acids is 2. The van der Waals surface area contributed by atoms with Crippen LogP contribution in [-0.2, 0) is 23.8 Å². The van der Waals surface area contributed by atoms with E-state index in [-0.39, 0.29) is 17.9 Å². The maximum atomic E-state index is 11.8. The van der Waals surface area contributed by atoms with E-state index in [0.29, 0.717) is 52.6 Å². The molecule has 0 aliphatic rings. The molecule has 136 valence electrons. The SMILES string of the molecule is CC[C@@H](C)N(C)C(=O)CCOCCOCCOCCNC(C)=O. The van der Waals surface area contributed by atoms with Gasteiger partial charge in [0.25, 0.3) is 0 Å². The van der Waals surface area contributed by atoms with E-state index < -0.39 is 0 Å². The average molecular weight is 332 g/mol. The van der Waals surface area contributed by atoms with Crippen molar-refractivity contribution in [1.29, 1.82) is 0 Å². The summed E-state index contributed by atoms with van der Waals surface area (Å²) < 4.78 is 16.0. The van der Waals surface area contributed by atoms with Gasteiger partial charge in [0.1, 0.15) is 0 Å². The number of ether oxygens (including phenoxy) is 3. The van der Waals surface area contributed by atoms with Crippen LogP contribution in [0.15, 0.2) is 0 Å². The molecule has 1 N–H and O–H groups in total. The highest BCUT2D eigenvalue weighted by Gasteiger charge is 2.13. The molecule has 0 radical (unpaired) electrons. The van der Waals surface area contributed by atoms with Crippen molar-refractivity contribution in [3.63, 3.8) is 0 Å². The molecule has 0 saturated carbocycles. The van der Waals surface area contributed by atoms with Gasteiger partial charge >= 0.3 is 0 Å². The first kappa shape index (κ1) is 21.8.